The van der Waals surface area contributed by atoms with Gasteiger partial charge in [-0.15, -0.1) is 0 Å². The highest BCUT2D eigenvalue weighted by molar-refractivity contribution is 5.64. The predicted molar refractivity (Wildman–Crippen MR) is 68.0 cm³/mol. The quantitative estimate of drug-likeness (QED) is 0.743. The van der Waals surface area contributed by atoms with Crippen molar-refractivity contribution in [1.82, 2.24) is 10.3 Å². The van der Waals surface area contributed by atoms with Crippen LogP contribution in [0.15, 0.2) is 23.1 Å². The van der Waals surface area contributed by atoms with Crippen LogP contribution in [0.3, 0.4) is 0 Å². The van der Waals surface area contributed by atoms with E-state index < -0.39 is 6.09 Å². The average Bonchev–Trinajstić information content (AvgIpc) is 2.37. The van der Waals surface area contributed by atoms with Gasteiger partial charge in [0.05, 0.1) is 0 Å². The van der Waals surface area contributed by atoms with Crippen molar-refractivity contribution in [3.05, 3.63) is 28.7 Å². The van der Waals surface area contributed by atoms with E-state index in [-0.39, 0.29) is 5.56 Å². The van der Waals surface area contributed by atoms with E-state index in [2.05, 4.69) is 15.2 Å². The first-order valence-electron chi connectivity index (χ1n) is 6.05. The van der Waals surface area contributed by atoms with Crippen LogP contribution < -0.4 is 15.8 Å². The van der Waals surface area contributed by atoms with E-state index in [1.165, 1.54) is 0 Å². The molecule has 6 heteroatoms. The Morgan fingerprint density at radius 3 is 2.83 bits per heavy atom. The van der Waals surface area contributed by atoms with Crippen LogP contribution in [-0.2, 0) is 0 Å². The van der Waals surface area contributed by atoms with Gasteiger partial charge >= 0.3 is 6.09 Å². The third-order valence-electron chi connectivity index (χ3n) is 3.28. The van der Waals surface area contributed by atoms with Gasteiger partial charge < -0.3 is 20.3 Å². The molecule has 1 aliphatic rings. The minimum absolute atomic E-state index is 0.0952. The normalized spacial score (nSPS) is 16.6. The Labute approximate surface area is 105 Å². The highest BCUT2D eigenvalue weighted by Gasteiger charge is 2.19. The van der Waals surface area contributed by atoms with Crippen molar-refractivity contribution in [2.75, 3.05) is 24.5 Å². The number of piperidine rings is 1. The zero-order valence-electron chi connectivity index (χ0n) is 10.1. The topological polar surface area (TPSA) is 85.4 Å². The van der Waals surface area contributed by atoms with Gasteiger partial charge in [0, 0.05) is 37.6 Å². The standard InChI is InChI=1S/C12H17N3O3/c16-11-7-10(1-4-13-11)15-5-2-9(3-6-15)8-14-12(17)18/h1,4,7,9,14H,2-3,5-6,8H2,(H,13,16)(H,17,18). The van der Waals surface area contributed by atoms with Crippen LogP contribution in [0.25, 0.3) is 0 Å². The van der Waals surface area contributed by atoms with Crippen molar-refractivity contribution >= 4 is 11.8 Å². The molecule has 1 amide bonds. The van der Waals surface area contributed by atoms with Crippen LogP contribution >= 0.6 is 0 Å². The fraction of sp³-hybridized carbons (Fsp3) is 0.500. The maximum atomic E-state index is 11.2. The van der Waals surface area contributed by atoms with Crippen LogP contribution in [0.1, 0.15) is 12.8 Å². The minimum atomic E-state index is -0.966. The molecule has 1 saturated heterocycles. The second-order valence-electron chi connectivity index (χ2n) is 4.53. The smallest absolute Gasteiger partial charge is 0.404 e. The first-order chi connectivity index (χ1) is 8.65. The Bertz CT molecular complexity index is 464. The summed E-state index contributed by atoms with van der Waals surface area (Å²) >= 11 is 0. The fourth-order valence-electron chi connectivity index (χ4n) is 2.26. The highest BCUT2D eigenvalue weighted by atomic mass is 16.4. The summed E-state index contributed by atoms with van der Waals surface area (Å²) in [6, 6.07) is 3.48. The summed E-state index contributed by atoms with van der Waals surface area (Å²) in [6.45, 7) is 2.23. The van der Waals surface area contributed by atoms with E-state index in [9.17, 15) is 9.59 Å². The first kappa shape index (κ1) is 12.5. The zero-order chi connectivity index (χ0) is 13.0. The van der Waals surface area contributed by atoms with E-state index in [0.717, 1.165) is 31.6 Å². The molecular formula is C12H17N3O3. The summed E-state index contributed by atoms with van der Waals surface area (Å²) in [5, 5.41) is 11.0. The zero-order valence-corrected chi connectivity index (χ0v) is 10.1. The number of hydrogen-bond donors (Lipinski definition) is 3. The van der Waals surface area contributed by atoms with Crippen molar-refractivity contribution in [2.24, 2.45) is 5.92 Å². The molecule has 0 spiro atoms. The van der Waals surface area contributed by atoms with Gasteiger partial charge in [-0.25, -0.2) is 4.79 Å². The Morgan fingerprint density at radius 1 is 1.50 bits per heavy atom. The molecule has 18 heavy (non-hydrogen) atoms. The number of nitrogens with one attached hydrogen (secondary N) is 2. The number of rotatable bonds is 3. The third-order valence-corrected chi connectivity index (χ3v) is 3.28. The fourth-order valence-corrected chi connectivity index (χ4v) is 2.26. The molecule has 3 N–H and O–H groups in total. The molecule has 1 aliphatic heterocycles. The molecule has 1 aromatic rings. The van der Waals surface area contributed by atoms with Gasteiger partial charge in [0.15, 0.2) is 0 Å². The summed E-state index contributed by atoms with van der Waals surface area (Å²) in [5.41, 5.74) is 0.838. The van der Waals surface area contributed by atoms with E-state index in [1.807, 2.05) is 6.07 Å². The third kappa shape index (κ3) is 3.26. The summed E-state index contributed by atoms with van der Waals surface area (Å²) in [5.74, 6) is 0.388. The number of carbonyl (C=O) groups is 1. The Hall–Kier alpha value is -1.98. The van der Waals surface area contributed by atoms with Gasteiger partial charge in [-0.1, -0.05) is 0 Å². The lowest BCUT2D eigenvalue weighted by molar-refractivity contribution is 0.191. The molecule has 2 rings (SSSR count). The van der Waals surface area contributed by atoms with Gasteiger partial charge in [0.2, 0.25) is 5.56 Å². The second kappa shape index (κ2) is 5.57. The van der Waals surface area contributed by atoms with E-state index in [0.29, 0.717) is 12.5 Å². The molecule has 98 valence electrons. The van der Waals surface area contributed by atoms with Gasteiger partial charge in [-0.2, -0.15) is 0 Å². The molecule has 0 unspecified atom stereocenters. The number of anilines is 1. The number of aromatic amines is 1. The number of pyridine rings is 1. The van der Waals surface area contributed by atoms with Crippen LogP contribution in [-0.4, -0.2) is 35.8 Å². The van der Waals surface area contributed by atoms with Crippen LogP contribution in [0, 0.1) is 5.92 Å². The minimum Gasteiger partial charge on any atom is -0.465 e. The molecule has 0 aromatic carbocycles. The molecule has 0 saturated carbocycles. The monoisotopic (exact) mass is 251 g/mol. The second-order valence-corrected chi connectivity index (χ2v) is 4.53. The molecule has 0 atom stereocenters. The van der Waals surface area contributed by atoms with Gasteiger partial charge in [-0.05, 0) is 24.8 Å². The molecule has 0 radical (unpaired) electrons. The summed E-state index contributed by atoms with van der Waals surface area (Å²) in [6.07, 6.45) is 2.56. The molecule has 1 aromatic heterocycles. The lowest BCUT2D eigenvalue weighted by Crippen LogP contribution is -2.38. The molecule has 0 bridgehead atoms. The van der Waals surface area contributed by atoms with Gasteiger partial charge in [0.1, 0.15) is 0 Å². The van der Waals surface area contributed by atoms with Gasteiger partial charge in [0.25, 0.3) is 0 Å². The van der Waals surface area contributed by atoms with Crippen LogP contribution in [0.5, 0.6) is 0 Å². The number of aromatic nitrogens is 1. The summed E-state index contributed by atoms with van der Waals surface area (Å²) in [4.78, 5) is 26.4. The molecule has 1 fully saturated rings. The van der Waals surface area contributed by atoms with Crippen molar-refractivity contribution in [2.45, 2.75) is 12.8 Å². The van der Waals surface area contributed by atoms with Crippen LogP contribution in [0.4, 0.5) is 10.5 Å². The molecule has 2 heterocycles. The Kier molecular flexibility index (Phi) is 3.86. The summed E-state index contributed by atoms with van der Waals surface area (Å²) in [7, 11) is 0. The number of nitrogens with zero attached hydrogens (tertiary/aromatic N) is 1. The lowest BCUT2D eigenvalue weighted by atomic mass is 9.96. The SMILES string of the molecule is O=C(O)NCC1CCN(c2cc[nH]c(=O)c2)CC1. The predicted octanol–water partition coefficient (Wildman–Crippen LogP) is 0.859. The number of carboxylic acid groups (broad SMARTS) is 1. The van der Waals surface area contributed by atoms with Crippen molar-refractivity contribution in [3.8, 4) is 0 Å². The van der Waals surface area contributed by atoms with Crippen LogP contribution in [0.2, 0.25) is 0 Å². The molecule has 6 nitrogen and oxygen atoms in total. The number of H-pyrrole nitrogens is 1. The Balaban J connectivity index is 1.86. The number of hydrogen-bond acceptors (Lipinski definition) is 3. The number of amides is 1. The average molecular weight is 251 g/mol. The van der Waals surface area contributed by atoms with E-state index in [1.54, 1.807) is 12.3 Å². The molecular weight excluding hydrogens is 234 g/mol. The van der Waals surface area contributed by atoms with Crippen molar-refractivity contribution in [1.29, 1.82) is 0 Å². The van der Waals surface area contributed by atoms with Crippen molar-refractivity contribution in [3.63, 3.8) is 0 Å². The first-order valence-corrected chi connectivity index (χ1v) is 6.05. The maximum Gasteiger partial charge on any atom is 0.404 e. The largest absolute Gasteiger partial charge is 0.465 e. The maximum absolute atomic E-state index is 11.2. The summed E-state index contributed by atoms with van der Waals surface area (Å²) < 4.78 is 0. The Morgan fingerprint density at radius 2 is 2.22 bits per heavy atom. The van der Waals surface area contributed by atoms with Gasteiger partial charge in [-0.3, -0.25) is 4.79 Å². The lowest BCUT2D eigenvalue weighted by Gasteiger charge is -2.33. The molecule has 0 aliphatic carbocycles. The van der Waals surface area contributed by atoms with E-state index >= 15 is 0 Å². The highest BCUT2D eigenvalue weighted by Crippen LogP contribution is 2.21. The van der Waals surface area contributed by atoms with Crippen molar-refractivity contribution < 1.29 is 9.90 Å². The van der Waals surface area contributed by atoms with E-state index in [4.69, 9.17) is 5.11 Å².